The van der Waals surface area contributed by atoms with Crippen LogP contribution in [-0.2, 0) is 10.5 Å². The van der Waals surface area contributed by atoms with Crippen molar-refractivity contribution in [1.29, 1.82) is 0 Å². The molecule has 0 radical (unpaired) electrons. The number of nitro groups is 1. The zero-order chi connectivity index (χ0) is 13.9. The van der Waals surface area contributed by atoms with Crippen LogP contribution < -0.4 is 0 Å². The molecule has 0 bridgehead atoms. The van der Waals surface area contributed by atoms with Crippen LogP contribution in [0.1, 0.15) is 31.2 Å². The van der Waals surface area contributed by atoms with E-state index in [4.69, 9.17) is 4.74 Å². The van der Waals surface area contributed by atoms with Gasteiger partial charge >= 0.3 is 5.69 Å². The van der Waals surface area contributed by atoms with Crippen molar-refractivity contribution >= 4 is 5.69 Å². The Morgan fingerprint density at radius 1 is 1.56 bits per heavy atom. The fourth-order valence-electron chi connectivity index (χ4n) is 2.00. The Labute approximate surface area is 106 Å². The van der Waals surface area contributed by atoms with E-state index in [-0.39, 0.29) is 5.69 Å². The van der Waals surface area contributed by atoms with Gasteiger partial charge in [0.1, 0.15) is 11.4 Å². The molecule has 1 aromatic rings. The highest BCUT2D eigenvalue weighted by Gasteiger charge is 2.34. The Balaban J connectivity index is 3.22. The third-order valence-corrected chi connectivity index (χ3v) is 3.10. The Bertz CT molecular complexity index is 444. The standard InChI is InChI=1S/C11H19N3O4/c1-5-11(15,6-7-18-4)13-9(3)10(14(16)17)8(2)12-13/h15H,5-7H2,1-4H3. The number of rotatable bonds is 6. The predicted molar refractivity (Wildman–Crippen MR) is 65.3 cm³/mol. The second kappa shape index (κ2) is 5.45. The van der Waals surface area contributed by atoms with Gasteiger partial charge in [0, 0.05) is 13.5 Å². The number of aromatic nitrogens is 2. The number of aliphatic hydroxyl groups is 1. The fourth-order valence-corrected chi connectivity index (χ4v) is 2.00. The summed E-state index contributed by atoms with van der Waals surface area (Å²) >= 11 is 0. The molecule has 7 nitrogen and oxygen atoms in total. The summed E-state index contributed by atoms with van der Waals surface area (Å²) in [6, 6.07) is 0. The maximum Gasteiger partial charge on any atom is 0.312 e. The van der Waals surface area contributed by atoms with E-state index in [1.807, 2.05) is 0 Å². The van der Waals surface area contributed by atoms with Crippen LogP contribution >= 0.6 is 0 Å². The minimum Gasteiger partial charge on any atom is -0.384 e. The smallest absolute Gasteiger partial charge is 0.312 e. The number of hydrogen-bond donors (Lipinski definition) is 1. The first-order valence-corrected chi connectivity index (χ1v) is 5.79. The molecule has 1 atom stereocenters. The van der Waals surface area contributed by atoms with Crippen LogP contribution in [0.4, 0.5) is 5.69 Å². The topological polar surface area (TPSA) is 90.4 Å². The van der Waals surface area contributed by atoms with Crippen molar-refractivity contribution in [1.82, 2.24) is 9.78 Å². The molecular formula is C11H19N3O4. The van der Waals surface area contributed by atoms with E-state index >= 15 is 0 Å². The van der Waals surface area contributed by atoms with Gasteiger partial charge in [-0.1, -0.05) is 6.92 Å². The summed E-state index contributed by atoms with van der Waals surface area (Å²) in [5.74, 6) is 0. The van der Waals surface area contributed by atoms with Gasteiger partial charge in [-0.25, -0.2) is 4.68 Å². The first kappa shape index (κ1) is 14.6. The van der Waals surface area contributed by atoms with Gasteiger partial charge < -0.3 is 9.84 Å². The van der Waals surface area contributed by atoms with E-state index in [9.17, 15) is 15.2 Å². The summed E-state index contributed by atoms with van der Waals surface area (Å²) in [6.45, 7) is 5.31. The third-order valence-electron chi connectivity index (χ3n) is 3.10. The van der Waals surface area contributed by atoms with Crippen molar-refractivity contribution in [3.63, 3.8) is 0 Å². The molecule has 0 spiro atoms. The minimum atomic E-state index is -1.25. The lowest BCUT2D eigenvalue weighted by Gasteiger charge is -2.28. The van der Waals surface area contributed by atoms with E-state index < -0.39 is 10.6 Å². The highest BCUT2D eigenvalue weighted by Crippen LogP contribution is 2.29. The lowest BCUT2D eigenvalue weighted by molar-refractivity contribution is -0.386. The van der Waals surface area contributed by atoms with Gasteiger partial charge in [0.15, 0.2) is 5.72 Å². The summed E-state index contributed by atoms with van der Waals surface area (Å²) in [5.41, 5.74) is -0.627. The normalized spacial score (nSPS) is 14.5. The Hall–Kier alpha value is -1.47. The van der Waals surface area contributed by atoms with Crippen LogP contribution in [0.25, 0.3) is 0 Å². The zero-order valence-corrected chi connectivity index (χ0v) is 11.1. The van der Waals surface area contributed by atoms with Crippen LogP contribution in [0.3, 0.4) is 0 Å². The molecule has 0 aliphatic carbocycles. The Morgan fingerprint density at radius 2 is 2.17 bits per heavy atom. The molecule has 0 fully saturated rings. The summed E-state index contributed by atoms with van der Waals surface area (Å²) < 4.78 is 6.28. The molecule has 0 aliphatic rings. The molecule has 0 amide bonds. The number of aryl methyl sites for hydroxylation is 1. The van der Waals surface area contributed by atoms with E-state index in [2.05, 4.69) is 5.10 Å². The van der Waals surface area contributed by atoms with Gasteiger partial charge in [-0.15, -0.1) is 0 Å². The van der Waals surface area contributed by atoms with Crippen LogP contribution in [0.5, 0.6) is 0 Å². The van der Waals surface area contributed by atoms with Gasteiger partial charge in [0.25, 0.3) is 0 Å². The van der Waals surface area contributed by atoms with Gasteiger partial charge in [-0.3, -0.25) is 10.1 Å². The van der Waals surface area contributed by atoms with Gasteiger partial charge in [0.2, 0.25) is 0 Å². The number of methoxy groups -OCH3 is 1. The van der Waals surface area contributed by atoms with Crippen molar-refractivity contribution in [2.24, 2.45) is 0 Å². The molecule has 1 rings (SSSR count). The van der Waals surface area contributed by atoms with Crippen molar-refractivity contribution < 1.29 is 14.8 Å². The molecule has 0 aromatic carbocycles. The average molecular weight is 257 g/mol. The second-order valence-electron chi connectivity index (χ2n) is 4.27. The van der Waals surface area contributed by atoms with Crippen LogP contribution in [0, 0.1) is 24.0 Å². The Kier molecular flexibility index (Phi) is 4.42. The summed E-state index contributed by atoms with van der Waals surface area (Å²) in [7, 11) is 1.54. The molecule has 1 aromatic heterocycles. The second-order valence-corrected chi connectivity index (χ2v) is 4.27. The van der Waals surface area contributed by atoms with Crippen molar-refractivity contribution in [2.45, 2.75) is 39.3 Å². The predicted octanol–water partition coefficient (Wildman–Crippen LogP) is 1.50. The molecule has 0 aliphatic heterocycles. The van der Waals surface area contributed by atoms with Gasteiger partial charge in [-0.05, 0) is 20.3 Å². The highest BCUT2D eigenvalue weighted by atomic mass is 16.6. The average Bonchev–Trinajstić information content (AvgIpc) is 2.62. The maximum atomic E-state index is 10.9. The molecule has 7 heteroatoms. The maximum absolute atomic E-state index is 10.9. The third kappa shape index (κ3) is 2.51. The number of hydrogen-bond acceptors (Lipinski definition) is 5. The molecule has 0 saturated heterocycles. The van der Waals surface area contributed by atoms with E-state index in [1.54, 1.807) is 27.9 Å². The van der Waals surface area contributed by atoms with Crippen LogP contribution in [-0.4, -0.2) is 33.5 Å². The van der Waals surface area contributed by atoms with Crippen molar-refractivity contribution in [2.75, 3.05) is 13.7 Å². The lowest BCUT2D eigenvalue weighted by Crippen LogP contribution is -2.36. The van der Waals surface area contributed by atoms with Gasteiger partial charge in [-0.2, -0.15) is 5.10 Å². The van der Waals surface area contributed by atoms with Gasteiger partial charge in [0.05, 0.1) is 11.5 Å². The largest absolute Gasteiger partial charge is 0.384 e. The number of nitrogens with zero attached hydrogens (tertiary/aromatic N) is 3. The summed E-state index contributed by atoms with van der Waals surface area (Å²) in [6.07, 6.45) is 0.731. The minimum absolute atomic E-state index is 0.0423. The van der Waals surface area contributed by atoms with E-state index in [0.29, 0.717) is 30.8 Å². The van der Waals surface area contributed by atoms with Crippen molar-refractivity contribution in [3.05, 3.63) is 21.5 Å². The monoisotopic (exact) mass is 257 g/mol. The zero-order valence-electron chi connectivity index (χ0n) is 11.1. The molecule has 1 unspecified atom stereocenters. The van der Waals surface area contributed by atoms with Crippen LogP contribution in [0.2, 0.25) is 0 Å². The van der Waals surface area contributed by atoms with Crippen LogP contribution in [0.15, 0.2) is 0 Å². The summed E-state index contributed by atoms with van der Waals surface area (Å²) in [5, 5.41) is 25.5. The molecule has 1 heterocycles. The molecular weight excluding hydrogens is 238 g/mol. The fraction of sp³-hybridized carbons (Fsp3) is 0.727. The molecule has 0 saturated carbocycles. The quantitative estimate of drug-likeness (QED) is 0.616. The van der Waals surface area contributed by atoms with Crippen molar-refractivity contribution in [3.8, 4) is 0 Å². The summed E-state index contributed by atoms with van der Waals surface area (Å²) in [4.78, 5) is 10.5. The number of ether oxygens (including phenoxy) is 1. The van der Waals surface area contributed by atoms with E-state index in [1.165, 1.54) is 4.68 Å². The molecule has 102 valence electrons. The molecule has 18 heavy (non-hydrogen) atoms. The Morgan fingerprint density at radius 3 is 2.56 bits per heavy atom. The molecule has 1 N–H and O–H groups in total. The highest BCUT2D eigenvalue weighted by molar-refractivity contribution is 5.39. The lowest BCUT2D eigenvalue weighted by atomic mass is 10.1. The van der Waals surface area contributed by atoms with E-state index in [0.717, 1.165) is 0 Å². The first-order valence-electron chi connectivity index (χ1n) is 5.79. The first-order chi connectivity index (χ1) is 8.37. The SMILES string of the molecule is CCC(O)(CCOC)n1nc(C)c([N+](=O)[O-])c1C.